The highest BCUT2D eigenvalue weighted by molar-refractivity contribution is 5.08. The number of hydrogen-bond donors (Lipinski definition) is 0. The number of rotatable bonds is 7. The Morgan fingerprint density at radius 1 is 1.25 bits per heavy atom. The zero-order chi connectivity index (χ0) is 15.4. The first kappa shape index (κ1) is 19.4. The highest BCUT2D eigenvalue weighted by Gasteiger charge is 2.20. The quantitative estimate of drug-likeness (QED) is 0.640. The van der Waals surface area contributed by atoms with E-state index in [1.807, 2.05) is 13.8 Å². The Morgan fingerprint density at radius 3 is 2.50 bits per heavy atom. The van der Waals surface area contributed by atoms with Crippen molar-refractivity contribution in [3.63, 3.8) is 0 Å². The molecule has 118 valence electrons. The van der Waals surface area contributed by atoms with E-state index in [1.165, 1.54) is 44.5 Å². The Morgan fingerprint density at radius 2 is 1.95 bits per heavy atom. The molecule has 0 aliphatic carbocycles. The van der Waals surface area contributed by atoms with Crippen molar-refractivity contribution in [2.45, 2.75) is 59.4 Å². The van der Waals surface area contributed by atoms with Gasteiger partial charge in [0.15, 0.2) is 0 Å². The van der Waals surface area contributed by atoms with Crippen LogP contribution in [0.4, 0.5) is 0 Å². The van der Waals surface area contributed by atoms with Crippen molar-refractivity contribution in [3.8, 4) is 0 Å². The van der Waals surface area contributed by atoms with Crippen LogP contribution in [0.5, 0.6) is 0 Å². The van der Waals surface area contributed by atoms with Crippen LogP contribution in [0.3, 0.4) is 0 Å². The van der Waals surface area contributed by atoms with Gasteiger partial charge in [0.25, 0.3) is 0 Å². The summed E-state index contributed by atoms with van der Waals surface area (Å²) in [5.41, 5.74) is 1.36. The highest BCUT2D eigenvalue weighted by atomic mass is 15.2. The molecule has 1 saturated heterocycles. The van der Waals surface area contributed by atoms with Crippen LogP contribution < -0.4 is 0 Å². The minimum absolute atomic E-state index is 0.827. The molecule has 0 saturated carbocycles. The van der Waals surface area contributed by atoms with E-state index in [9.17, 15) is 0 Å². The third-order valence-electron chi connectivity index (χ3n) is 3.76. The summed E-state index contributed by atoms with van der Waals surface area (Å²) in [5.74, 6) is 0. The second-order valence-corrected chi connectivity index (χ2v) is 5.83. The Labute approximate surface area is 127 Å². The van der Waals surface area contributed by atoms with Gasteiger partial charge in [0, 0.05) is 12.6 Å². The van der Waals surface area contributed by atoms with Crippen LogP contribution in [0.25, 0.3) is 0 Å². The van der Waals surface area contributed by atoms with E-state index >= 15 is 0 Å². The maximum Gasteiger partial charge on any atom is 0.0105 e. The minimum atomic E-state index is 0.827. The predicted octanol–water partition coefficient (Wildman–Crippen LogP) is 4.34. The average molecular weight is 280 g/mol. The van der Waals surface area contributed by atoms with Gasteiger partial charge in [-0.15, -0.1) is 0 Å². The molecule has 0 amide bonds. The zero-order valence-corrected chi connectivity index (χ0v) is 14.7. The topological polar surface area (TPSA) is 6.48 Å². The number of nitrogens with zero attached hydrogens (tertiary/aromatic N) is 2. The third kappa shape index (κ3) is 9.33. The first-order chi connectivity index (χ1) is 9.59. The Balaban J connectivity index is 0.00000172. The molecule has 2 nitrogen and oxygen atoms in total. The zero-order valence-electron chi connectivity index (χ0n) is 14.7. The molecule has 1 fully saturated rings. The second-order valence-electron chi connectivity index (χ2n) is 5.83. The minimum Gasteiger partial charge on any atom is -0.306 e. The van der Waals surface area contributed by atoms with Gasteiger partial charge >= 0.3 is 0 Å². The fraction of sp³-hybridized carbons (Fsp3) is 0.778. The van der Waals surface area contributed by atoms with Gasteiger partial charge in [-0.2, -0.15) is 0 Å². The van der Waals surface area contributed by atoms with Crippen LogP contribution in [-0.4, -0.2) is 49.6 Å². The van der Waals surface area contributed by atoms with Gasteiger partial charge < -0.3 is 9.80 Å². The monoisotopic (exact) mass is 280 g/mol. The fourth-order valence-electron chi connectivity index (χ4n) is 2.48. The first-order valence-electron chi connectivity index (χ1n) is 8.28. The maximum absolute atomic E-state index is 2.52. The van der Waals surface area contributed by atoms with E-state index in [4.69, 9.17) is 0 Å². The van der Waals surface area contributed by atoms with Gasteiger partial charge in [0.05, 0.1) is 0 Å². The van der Waals surface area contributed by atoms with Gasteiger partial charge in [-0.25, -0.2) is 0 Å². The molecule has 0 aromatic heterocycles. The number of hydrogen-bond acceptors (Lipinski definition) is 2. The Bertz CT molecular complexity index is 277. The molecule has 0 bridgehead atoms. The standard InChI is InChI=1S/C16H30N2.C2H6/c1-15(2)9-6-5-7-12-17(3)14-11-16-10-8-13-18(16)4;1-2/h5-6,9,16H,7-8,10-14H2,1-4H3;1-2H3/b6-5-;. The van der Waals surface area contributed by atoms with Crippen molar-refractivity contribution in [2.24, 2.45) is 0 Å². The van der Waals surface area contributed by atoms with Gasteiger partial charge in [0.2, 0.25) is 0 Å². The lowest BCUT2D eigenvalue weighted by Gasteiger charge is -2.22. The molecule has 0 N–H and O–H groups in total. The average Bonchev–Trinajstić information content (AvgIpc) is 2.83. The van der Waals surface area contributed by atoms with Gasteiger partial charge in [-0.3, -0.25) is 0 Å². The van der Waals surface area contributed by atoms with Crippen molar-refractivity contribution in [3.05, 3.63) is 23.8 Å². The molecule has 0 radical (unpaired) electrons. The summed E-state index contributed by atoms with van der Waals surface area (Å²) in [6, 6.07) is 0.827. The SMILES string of the molecule is CC.CC(C)=C/C=C\CCN(C)CCC1CCCN1C. The van der Waals surface area contributed by atoms with Crippen LogP contribution in [-0.2, 0) is 0 Å². The normalized spacial score (nSPS) is 19.2. The summed E-state index contributed by atoms with van der Waals surface area (Å²) >= 11 is 0. The lowest BCUT2D eigenvalue weighted by atomic mass is 10.1. The summed E-state index contributed by atoms with van der Waals surface area (Å²) in [7, 11) is 4.50. The molecular formula is C18H36N2. The molecule has 1 aliphatic rings. The molecule has 0 spiro atoms. The van der Waals surface area contributed by atoms with Crippen LogP contribution in [0, 0.1) is 0 Å². The van der Waals surface area contributed by atoms with Crippen LogP contribution in [0.2, 0.25) is 0 Å². The Hall–Kier alpha value is -0.600. The lowest BCUT2D eigenvalue weighted by molar-refractivity contribution is 0.250. The summed E-state index contributed by atoms with van der Waals surface area (Å²) in [4.78, 5) is 4.97. The van der Waals surface area contributed by atoms with E-state index in [2.05, 4.69) is 56.0 Å². The number of allylic oxidation sites excluding steroid dienone is 3. The van der Waals surface area contributed by atoms with Gasteiger partial charge in [0.1, 0.15) is 0 Å². The van der Waals surface area contributed by atoms with Gasteiger partial charge in [-0.1, -0.05) is 37.6 Å². The summed E-state index contributed by atoms with van der Waals surface area (Å²) < 4.78 is 0. The van der Waals surface area contributed by atoms with E-state index < -0.39 is 0 Å². The van der Waals surface area contributed by atoms with Crippen LogP contribution >= 0.6 is 0 Å². The molecule has 1 unspecified atom stereocenters. The largest absolute Gasteiger partial charge is 0.306 e. The first-order valence-corrected chi connectivity index (χ1v) is 8.28. The summed E-state index contributed by atoms with van der Waals surface area (Å²) in [6.07, 6.45) is 11.9. The molecule has 0 aromatic carbocycles. The summed E-state index contributed by atoms with van der Waals surface area (Å²) in [6.45, 7) is 12.0. The van der Waals surface area contributed by atoms with E-state index in [-0.39, 0.29) is 0 Å². The molecule has 2 heteroatoms. The van der Waals surface area contributed by atoms with Crippen molar-refractivity contribution >= 4 is 0 Å². The third-order valence-corrected chi connectivity index (χ3v) is 3.76. The molecule has 1 heterocycles. The maximum atomic E-state index is 2.52. The molecule has 1 aliphatic heterocycles. The van der Waals surface area contributed by atoms with Crippen LogP contribution in [0.1, 0.15) is 53.4 Å². The molecule has 1 atom stereocenters. The second kappa shape index (κ2) is 12.2. The fourth-order valence-corrected chi connectivity index (χ4v) is 2.48. The van der Waals surface area contributed by atoms with Gasteiger partial charge in [-0.05, 0) is 66.7 Å². The predicted molar refractivity (Wildman–Crippen MR) is 92.3 cm³/mol. The van der Waals surface area contributed by atoms with Crippen molar-refractivity contribution in [1.82, 2.24) is 9.80 Å². The smallest absolute Gasteiger partial charge is 0.0105 e. The molecule has 20 heavy (non-hydrogen) atoms. The summed E-state index contributed by atoms with van der Waals surface area (Å²) in [5, 5.41) is 0. The molecular weight excluding hydrogens is 244 g/mol. The molecule has 1 rings (SSSR count). The van der Waals surface area contributed by atoms with E-state index in [1.54, 1.807) is 0 Å². The van der Waals surface area contributed by atoms with Crippen LogP contribution in [0.15, 0.2) is 23.8 Å². The molecule has 0 aromatic rings. The van der Waals surface area contributed by atoms with Crippen molar-refractivity contribution in [1.29, 1.82) is 0 Å². The Kier molecular flexibility index (Phi) is 11.8. The lowest BCUT2D eigenvalue weighted by Crippen LogP contribution is -2.30. The van der Waals surface area contributed by atoms with Crippen molar-refractivity contribution < 1.29 is 0 Å². The van der Waals surface area contributed by atoms with E-state index in [0.29, 0.717) is 0 Å². The van der Waals surface area contributed by atoms with Crippen molar-refractivity contribution in [2.75, 3.05) is 33.7 Å². The van der Waals surface area contributed by atoms with E-state index in [0.717, 1.165) is 12.5 Å². The number of likely N-dealkylation sites (tertiary alicyclic amines) is 1. The highest BCUT2D eigenvalue weighted by Crippen LogP contribution is 2.17.